The number of anilines is 1. The highest BCUT2D eigenvalue weighted by molar-refractivity contribution is 9.10. The fourth-order valence-electron chi connectivity index (χ4n) is 2.45. The maximum absolute atomic E-state index is 13.5. The average molecular weight is 348 g/mol. The summed E-state index contributed by atoms with van der Waals surface area (Å²) < 4.78 is 16.0. The molecule has 0 fully saturated rings. The second-order valence-electron chi connectivity index (χ2n) is 4.96. The summed E-state index contributed by atoms with van der Waals surface area (Å²) in [5.41, 5.74) is 9.25. The summed E-state index contributed by atoms with van der Waals surface area (Å²) in [5, 5.41) is 0. The van der Waals surface area contributed by atoms with Gasteiger partial charge in [-0.05, 0) is 58.7 Å². The number of rotatable bonds is 3. The molecule has 0 bridgehead atoms. The van der Waals surface area contributed by atoms with Crippen LogP contribution in [0.3, 0.4) is 0 Å². The Morgan fingerprint density at radius 2 is 2.05 bits per heavy atom. The van der Waals surface area contributed by atoms with E-state index in [0.29, 0.717) is 10.2 Å². The minimum absolute atomic E-state index is 0.274. The van der Waals surface area contributed by atoms with Gasteiger partial charge in [-0.25, -0.2) is 9.37 Å². The van der Waals surface area contributed by atoms with Crippen molar-refractivity contribution in [2.75, 3.05) is 5.73 Å². The highest BCUT2D eigenvalue weighted by atomic mass is 79.9. The summed E-state index contributed by atoms with van der Waals surface area (Å²) in [6.45, 7) is 2.11. The highest BCUT2D eigenvalue weighted by Crippen LogP contribution is 2.27. The van der Waals surface area contributed by atoms with Crippen LogP contribution in [-0.4, -0.2) is 9.55 Å². The van der Waals surface area contributed by atoms with Gasteiger partial charge >= 0.3 is 0 Å². The zero-order valence-corrected chi connectivity index (χ0v) is 13.2. The van der Waals surface area contributed by atoms with Crippen LogP contribution in [0.4, 0.5) is 10.1 Å². The van der Waals surface area contributed by atoms with Gasteiger partial charge in [-0.2, -0.15) is 0 Å². The lowest BCUT2D eigenvalue weighted by molar-refractivity contribution is 0.620. The van der Waals surface area contributed by atoms with Crippen molar-refractivity contribution in [3.8, 4) is 5.69 Å². The Morgan fingerprint density at radius 1 is 1.24 bits per heavy atom. The van der Waals surface area contributed by atoms with Crippen molar-refractivity contribution in [1.29, 1.82) is 0 Å². The van der Waals surface area contributed by atoms with E-state index >= 15 is 0 Å². The Bertz CT molecular complexity index is 811. The van der Waals surface area contributed by atoms with Gasteiger partial charge in [0.2, 0.25) is 0 Å². The number of halogens is 2. The minimum atomic E-state index is -0.274. The summed E-state index contributed by atoms with van der Waals surface area (Å²) >= 11 is 3.24. The molecule has 3 nitrogen and oxygen atoms in total. The first-order valence-electron chi connectivity index (χ1n) is 6.82. The molecule has 21 heavy (non-hydrogen) atoms. The third kappa shape index (κ3) is 2.53. The normalized spacial score (nSPS) is 11.2. The molecule has 1 heterocycles. The molecule has 3 rings (SSSR count). The molecule has 0 saturated carbocycles. The monoisotopic (exact) mass is 347 g/mol. The molecule has 2 N–H and O–H groups in total. The van der Waals surface area contributed by atoms with Crippen molar-refractivity contribution in [2.45, 2.75) is 19.8 Å². The summed E-state index contributed by atoms with van der Waals surface area (Å²) in [5.74, 6) is 0.682. The first-order valence-corrected chi connectivity index (χ1v) is 7.61. The lowest BCUT2D eigenvalue weighted by Crippen LogP contribution is -2.01. The van der Waals surface area contributed by atoms with E-state index in [9.17, 15) is 4.39 Å². The molecular formula is C16H15BrFN3. The van der Waals surface area contributed by atoms with Crippen LogP contribution >= 0.6 is 15.9 Å². The summed E-state index contributed by atoms with van der Waals surface area (Å²) in [6, 6.07) is 10.7. The van der Waals surface area contributed by atoms with E-state index in [0.717, 1.165) is 35.4 Å². The quantitative estimate of drug-likeness (QED) is 0.710. The van der Waals surface area contributed by atoms with Gasteiger partial charge in [0.05, 0.1) is 15.5 Å². The summed E-state index contributed by atoms with van der Waals surface area (Å²) in [7, 11) is 0. The van der Waals surface area contributed by atoms with Crippen LogP contribution in [0.5, 0.6) is 0 Å². The third-order valence-corrected chi connectivity index (χ3v) is 3.99. The maximum atomic E-state index is 13.5. The summed E-state index contributed by atoms with van der Waals surface area (Å²) in [6.07, 6.45) is 1.84. The smallest absolute Gasteiger partial charge is 0.137 e. The van der Waals surface area contributed by atoms with Crippen molar-refractivity contribution in [1.82, 2.24) is 9.55 Å². The molecule has 0 unspecified atom stereocenters. The molecule has 0 radical (unpaired) electrons. The summed E-state index contributed by atoms with van der Waals surface area (Å²) in [4.78, 5) is 4.67. The van der Waals surface area contributed by atoms with E-state index in [1.807, 2.05) is 18.2 Å². The van der Waals surface area contributed by atoms with Crippen molar-refractivity contribution in [2.24, 2.45) is 0 Å². The molecule has 2 aromatic carbocycles. The van der Waals surface area contributed by atoms with Crippen LogP contribution < -0.4 is 5.73 Å². The topological polar surface area (TPSA) is 43.8 Å². The lowest BCUT2D eigenvalue weighted by Gasteiger charge is -2.09. The van der Waals surface area contributed by atoms with E-state index in [1.165, 1.54) is 6.07 Å². The lowest BCUT2D eigenvalue weighted by atomic mass is 10.2. The van der Waals surface area contributed by atoms with Gasteiger partial charge in [0.15, 0.2) is 0 Å². The molecule has 0 saturated heterocycles. The number of aryl methyl sites for hydroxylation is 1. The van der Waals surface area contributed by atoms with Gasteiger partial charge in [0.25, 0.3) is 0 Å². The average Bonchev–Trinajstić information content (AvgIpc) is 2.79. The van der Waals surface area contributed by atoms with Crippen molar-refractivity contribution in [3.05, 3.63) is 52.5 Å². The SMILES string of the molecule is CCCc1nc2cc(N)ccc2n1-c1ccc(F)c(Br)c1. The van der Waals surface area contributed by atoms with E-state index in [-0.39, 0.29) is 5.82 Å². The van der Waals surface area contributed by atoms with Crippen LogP contribution in [-0.2, 0) is 6.42 Å². The first-order chi connectivity index (χ1) is 10.1. The number of hydrogen-bond donors (Lipinski definition) is 1. The van der Waals surface area contributed by atoms with Crippen molar-refractivity contribution in [3.63, 3.8) is 0 Å². The van der Waals surface area contributed by atoms with Crippen molar-refractivity contribution < 1.29 is 4.39 Å². The number of benzene rings is 2. The molecule has 1 aromatic heterocycles. The van der Waals surface area contributed by atoms with Gasteiger partial charge in [-0.3, -0.25) is 4.57 Å². The predicted molar refractivity (Wildman–Crippen MR) is 87.1 cm³/mol. The Balaban J connectivity index is 2.27. The first kappa shape index (κ1) is 14.1. The largest absolute Gasteiger partial charge is 0.399 e. The van der Waals surface area contributed by atoms with E-state index in [2.05, 4.69) is 32.4 Å². The molecule has 0 atom stereocenters. The second kappa shape index (κ2) is 5.48. The number of fused-ring (bicyclic) bond motifs is 1. The van der Waals surface area contributed by atoms with Crippen LogP contribution in [0.15, 0.2) is 40.9 Å². The van der Waals surface area contributed by atoms with E-state index < -0.39 is 0 Å². The predicted octanol–water partition coefficient (Wildman–Crippen LogP) is 4.46. The molecule has 3 aromatic rings. The zero-order chi connectivity index (χ0) is 15.0. The van der Waals surface area contributed by atoms with Gasteiger partial charge < -0.3 is 5.73 Å². The molecule has 0 aliphatic rings. The number of nitrogens with two attached hydrogens (primary N) is 1. The second-order valence-corrected chi connectivity index (χ2v) is 5.81. The van der Waals surface area contributed by atoms with Crippen LogP contribution in [0.25, 0.3) is 16.7 Å². The Labute approximate surface area is 130 Å². The third-order valence-electron chi connectivity index (χ3n) is 3.38. The Kier molecular flexibility index (Phi) is 3.68. The zero-order valence-electron chi connectivity index (χ0n) is 11.6. The molecule has 0 amide bonds. The minimum Gasteiger partial charge on any atom is -0.399 e. The fraction of sp³-hybridized carbons (Fsp3) is 0.188. The van der Waals surface area contributed by atoms with Gasteiger partial charge in [0, 0.05) is 17.8 Å². The maximum Gasteiger partial charge on any atom is 0.137 e. The standard InChI is InChI=1S/C16H15BrFN3/c1-2-3-16-20-14-8-10(19)4-7-15(14)21(16)11-5-6-13(18)12(17)9-11/h4-9H,2-3,19H2,1H3. The van der Waals surface area contributed by atoms with Crippen LogP contribution in [0.1, 0.15) is 19.2 Å². The number of nitrogens with zero attached hydrogens (tertiary/aromatic N) is 2. The number of nitrogen functional groups attached to an aromatic ring is 1. The molecule has 108 valence electrons. The number of aromatic nitrogens is 2. The van der Waals surface area contributed by atoms with Gasteiger partial charge in [0.1, 0.15) is 11.6 Å². The Morgan fingerprint density at radius 3 is 2.76 bits per heavy atom. The molecule has 0 aliphatic carbocycles. The van der Waals surface area contributed by atoms with Crippen LogP contribution in [0, 0.1) is 5.82 Å². The van der Waals surface area contributed by atoms with Crippen molar-refractivity contribution >= 4 is 32.7 Å². The molecule has 5 heteroatoms. The van der Waals surface area contributed by atoms with Crippen LogP contribution in [0.2, 0.25) is 0 Å². The number of imidazole rings is 1. The Hall–Kier alpha value is -1.88. The molecule has 0 aliphatic heterocycles. The van der Waals surface area contributed by atoms with Gasteiger partial charge in [-0.15, -0.1) is 0 Å². The highest BCUT2D eigenvalue weighted by Gasteiger charge is 2.13. The van der Waals surface area contributed by atoms with E-state index in [1.54, 1.807) is 12.1 Å². The molecule has 0 spiro atoms. The van der Waals surface area contributed by atoms with Gasteiger partial charge in [-0.1, -0.05) is 6.92 Å². The van der Waals surface area contributed by atoms with E-state index in [4.69, 9.17) is 5.73 Å². The number of hydrogen-bond acceptors (Lipinski definition) is 2. The molecular weight excluding hydrogens is 333 g/mol. The fourth-order valence-corrected chi connectivity index (χ4v) is 2.82.